The minimum Gasteiger partial charge on any atom is -0.321 e. The van der Waals surface area contributed by atoms with Gasteiger partial charge in [-0.15, -0.1) is 0 Å². The van der Waals surface area contributed by atoms with Crippen LogP contribution >= 0.6 is 11.6 Å². The smallest absolute Gasteiger partial charge is 0.255 e. The second kappa shape index (κ2) is 6.87. The molecule has 0 aromatic heterocycles. The summed E-state index contributed by atoms with van der Waals surface area (Å²) in [7, 11) is -3.27. The van der Waals surface area contributed by atoms with E-state index in [0.717, 1.165) is 10.8 Å². The van der Waals surface area contributed by atoms with Gasteiger partial charge in [0.1, 0.15) is 0 Å². The highest BCUT2D eigenvalue weighted by atomic mass is 35.5. The van der Waals surface area contributed by atoms with Crippen molar-refractivity contribution in [1.29, 1.82) is 0 Å². The van der Waals surface area contributed by atoms with Gasteiger partial charge in [0.25, 0.3) is 5.91 Å². The standard InChI is InChI=1S/C20H17ClN2O3S/c21-18-13-17(23-10-3-11-27(23,25)26)8-9-19(18)22-20(24)16-7-6-14-4-1-2-5-15(14)12-16/h1-2,4-9,12-13H,3,10-11H2,(H,22,24). The van der Waals surface area contributed by atoms with Crippen molar-refractivity contribution in [2.24, 2.45) is 0 Å². The van der Waals surface area contributed by atoms with Crippen molar-refractivity contribution < 1.29 is 13.2 Å². The number of rotatable bonds is 3. The number of benzene rings is 3. The summed E-state index contributed by atoms with van der Waals surface area (Å²) >= 11 is 6.29. The summed E-state index contributed by atoms with van der Waals surface area (Å²) in [4.78, 5) is 12.6. The van der Waals surface area contributed by atoms with E-state index in [1.807, 2.05) is 36.4 Å². The first-order chi connectivity index (χ1) is 12.9. The fraction of sp³-hybridized carbons (Fsp3) is 0.150. The highest BCUT2D eigenvalue weighted by molar-refractivity contribution is 7.93. The largest absolute Gasteiger partial charge is 0.321 e. The Balaban J connectivity index is 1.57. The van der Waals surface area contributed by atoms with E-state index < -0.39 is 10.0 Å². The zero-order valence-electron chi connectivity index (χ0n) is 14.4. The Morgan fingerprint density at radius 1 is 1.00 bits per heavy atom. The van der Waals surface area contributed by atoms with E-state index in [0.29, 0.717) is 34.9 Å². The number of carbonyl (C=O) groups is 1. The van der Waals surface area contributed by atoms with E-state index in [4.69, 9.17) is 11.6 Å². The molecule has 1 N–H and O–H groups in total. The molecule has 138 valence electrons. The lowest BCUT2D eigenvalue weighted by Gasteiger charge is -2.18. The van der Waals surface area contributed by atoms with Crippen molar-refractivity contribution in [2.75, 3.05) is 21.9 Å². The van der Waals surface area contributed by atoms with E-state index in [1.54, 1.807) is 24.3 Å². The van der Waals surface area contributed by atoms with Gasteiger partial charge in [-0.3, -0.25) is 9.10 Å². The Morgan fingerprint density at radius 2 is 1.78 bits per heavy atom. The molecule has 1 aliphatic rings. The number of fused-ring (bicyclic) bond motifs is 1. The molecule has 0 saturated carbocycles. The van der Waals surface area contributed by atoms with Crippen molar-refractivity contribution in [3.05, 3.63) is 71.2 Å². The average Bonchev–Trinajstić information content (AvgIpc) is 3.02. The molecular weight excluding hydrogens is 384 g/mol. The summed E-state index contributed by atoms with van der Waals surface area (Å²) in [6, 6.07) is 18.1. The predicted molar refractivity (Wildman–Crippen MR) is 109 cm³/mol. The lowest BCUT2D eigenvalue weighted by molar-refractivity contribution is 0.102. The first kappa shape index (κ1) is 17.8. The molecule has 1 aliphatic heterocycles. The van der Waals surface area contributed by atoms with Crippen LogP contribution in [0.15, 0.2) is 60.7 Å². The van der Waals surface area contributed by atoms with Gasteiger partial charge in [-0.05, 0) is 47.5 Å². The molecule has 0 bridgehead atoms. The van der Waals surface area contributed by atoms with Crippen LogP contribution in [0.1, 0.15) is 16.8 Å². The molecule has 3 aromatic carbocycles. The number of hydrogen-bond donors (Lipinski definition) is 1. The van der Waals surface area contributed by atoms with Gasteiger partial charge in [0.05, 0.1) is 22.2 Å². The van der Waals surface area contributed by atoms with E-state index in [2.05, 4.69) is 5.32 Å². The van der Waals surface area contributed by atoms with Crippen molar-refractivity contribution in [1.82, 2.24) is 0 Å². The Kier molecular flexibility index (Phi) is 4.53. The SMILES string of the molecule is O=C(Nc1ccc(N2CCCS2(=O)=O)cc1Cl)c1ccc2ccccc2c1. The lowest BCUT2D eigenvalue weighted by atomic mass is 10.1. The van der Waals surface area contributed by atoms with E-state index in [-0.39, 0.29) is 11.7 Å². The second-order valence-electron chi connectivity index (χ2n) is 6.42. The molecular formula is C20H17ClN2O3S. The first-order valence-electron chi connectivity index (χ1n) is 8.54. The summed E-state index contributed by atoms with van der Waals surface area (Å²) in [5, 5.41) is 5.12. The van der Waals surface area contributed by atoms with Gasteiger partial charge in [0, 0.05) is 12.1 Å². The molecule has 4 rings (SSSR count). The minimum absolute atomic E-state index is 0.144. The zero-order valence-corrected chi connectivity index (χ0v) is 15.9. The van der Waals surface area contributed by atoms with Crippen LogP contribution in [0.25, 0.3) is 10.8 Å². The normalized spacial score (nSPS) is 15.8. The van der Waals surface area contributed by atoms with E-state index in [1.165, 1.54) is 4.31 Å². The van der Waals surface area contributed by atoms with Crippen molar-refractivity contribution in [3.8, 4) is 0 Å². The molecule has 0 radical (unpaired) electrons. The molecule has 3 aromatic rings. The molecule has 1 saturated heterocycles. The van der Waals surface area contributed by atoms with Crippen molar-refractivity contribution >= 4 is 49.7 Å². The first-order valence-corrected chi connectivity index (χ1v) is 10.5. The summed E-state index contributed by atoms with van der Waals surface area (Å²) < 4.78 is 25.4. The van der Waals surface area contributed by atoms with E-state index in [9.17, 15) is 13.2 Å². The van der Waals surface area contributed by atoms with Crippen molar-refractivity contribution in [3.63, 3.8) is 0 Å². The number of carbonyl (C=O) groups excluding carboxylic acids is 1. The van der Waals surface area contributed by atoms with Gasteiger partial charge in [-0.25, -0.2) is 8.42 Å². The number of anilines is 2. The molecule has 1 amide bonds. The van der Waals surface area contributed by atoms with Gasteiger partial charge < -0.3 is 5.32 Å². The minimum atomic E-state index is -3.27. The Labute approximate surface area is 162 Å². The molecule has 1 heterocycles. The third-order valence-electron chi connectivity index (χ3n) is 4.60. The summed E-state index contributed by atoms with van der Waals surface area (Å²) in [5.41, 5.74) is 1.48. The van der Waals surface area contributed by atoms with Crippen LogP contribution in [0.3, 0.4) is 0 Å². The van der Waals surface area contributed by atoms with Crippen molar-refractivity contribution in [2.45, 2.75) is 6.42 Å². The average molecular weight is 401 g/mol. The molecule has 1 fully saturated rings. The highest BCUT2D eigenvalue weighted by Crippen LogP contribution is 2.31. The van der Waals surface area contributed by atoms with Gasteiger partial charge in [-0.2, -0.15) is 0 Å². The number of halogens is 1. The number of amides is 1. The van der Waals surface area contributed by atoms with Crippen LogP contribution in [0.5, 0.6) is 0 Å². The van der Waals surface area contributed by atoms with Gasteiger partial charge >= 0.3 is 0 Å². The van der Waals surface area contributed by atoms with E-state index >= 15 is 0 Å². The lowest BCUT2D eigenvalue weighted by Crippen LogP contribution is -2.25. The summed E-state index contributed by atoms with van der Waals surface area (Å²) in [6.07, 6.45) is 0.598. The maximum Gasteiger partial charge on any atom is 0.255 e. The monoisotopic (exact) mass is 400 g/mol. The molecule has 7 heteroatoms. The fourth-order valence-corrected chi connectivity index (χ4v) is 4.99. The molecule has 0 aliphatic carbocycles. The molecule has 5 nitrogen and oxygen atoms in total. The molecule has 0 atom stereocenters. The third kappa shape index (κ3) is 3.50. The Hall–Kier alpha value is -2.57. The van der Waals surface area contributed by atoms with Crippen LogP contribution < -0.4 is 9.62 Å². The zero-order chi connectivity index (χ0) is 19.0. The number of nitrogens with zero attached hydrogens (tertiary/aromatic N) is 1. The van der Waals surface area contributed by atoms with Gasteiger partial charge in [-0.1, -0.05) is 41.9 Å². The quantitative estimate of drug-likeness (QED) is 0.713. The Morgan fingerprint density at radius 3 is 2.48 bits per heavy atom. The molecule has 0 unspecified atom stereocenters. The predicted octanol–water partition coefficient (Wildman–Crippen LogP) is 4.29. The maximum absolute atomic E-state index is 12.6. The van der Waals surface area contributed by atoms with Crippen LogP contribution in [0, 0.1) is 0 Å². The summed E-state index contributed by atoms with van der Waals surface area (Å²) in [5.74, 6) is -0.130. The highest BCUT2D eigenvalue weighted by Gasteiger charge is 2.28. The fourth-order valence-electron chi connectivity index (χ4n) is 3.22. The van der Waals surface area contributed by atoms with Crippen LogP contribution in [-0.4, -0.2) is 26.6 Å². The molecule has 0 spiro atoms. The topological polar surface area (TPSA) is 66.5 Å². The molecule has 27 heavy (non-hydrogen) atoms. The summed E-state index contributed by atoms with van der Waals surface area (Å²) in [6.45, 7) is 0.446. The van der Waals surface area contributed by atoms with Gasteiger partial charge in [0.2, 0.25) is 10.0 Å². The number of sulfonamides is 1. The maximum atomic E-state index is 12.6. The Bertz CT molecular complexity index is 1140. The number of nitrogens with one attached hydrogen (secondary N) is 1. The van der Waals surface area contributed by atoms with Crippen LogP contribution in [-0.2, 0) is 10.0 Å². The van der Waals surface area contributed by atoms with Gasteiger partial charge in [0.15, 0.2) is 0 Å². The number of hydrogen-bond acceptors (Lipinski definition) is 3. The van der Waals surface area contributed by atoms with Crippen LogP contribution in [0.4, 0.5) is 11.4 Å². The van der Waals surface area contributed by atoms with Crippen LogP contribution in [0.2, 0.25) is 5.02 Å². The second-order valence-corrected chi connectivity index (χ2v) is 8.84. The third-order valence-corrected chi connectivity index (χ3v) is 6.78.